The van der Waals surface area contributed by atoms with Crippen molar-refractivity contribution in [1.29, 1.82) is 0 Å². The summed E-state index contributed by atoms with van der Waals surface area (Å²) in [6.45, 7) is 6.40. The molecular weight excluding hydrogens is 598 g/mol. The summed E-state index contributed by atoms with van der Waals surface area (Å²) in [7, 11) is 1.86. The number of nitrogens with zero attached hydrogens (tertiary/aromatic N) is 5. The van der Waals surface area contributed by atoms with Crippen molar-refractivity contribution in [2.75, 3.05) is 19.8 Å². The number of hydrogen-bond donors (Lipinski definition) is 1. The van der Waals surface area contributed by atoms with E-state index in [1.54, 1.807) is 39.0 Å². The molecule has 2 atom stereocenters. The molecule has 1 aliphatic heterocycles. The van der Waals surface area contributed by atoms with E-state index in [2.05, 4.69) is 9.88 Å². The zero-order chi connectivity index (χ0) is 32.9. The first-order chi connectivity index (χ1) is 21.8. The van der Waals surface area contributed by atoms with Crippen LogP contribution in [0.4, 0.5) is 13.6 Å². The van der Waals surface area contributed by atoms with Gasteiger partial charge in [0.05, 0.1) is 28.5 Å². The van der Waals surface area contributed by atoms with Crippen LogP contribution in [0.2, 0.25) is 0 Å². The predicted octanol–water partition coefficient (Wildman–Crippen LogP) is 5.12. The fourth-order valence-corrected chi connectivity index (χ4v) is 5.83. The van der Waals surface area contributed by atoms with Crippen LogP contribution in [0.1, 0.15) is 56.6 Å². The number of rotatable bonds is 10. The summed E-state index contributed by atoms with van der Waals surface area (Å²) in [5, 5.41) is 3.33. The van der Waals surface area contributed by atoms with Gasteiger partial charge >= 0.3 is 6.09 Å². The molecule has 1 saturated carbocycles. The number of alkyl carbamates (subject to hydrolysis) is 1. The number of carbonyl (C=O) groups is 3. The van der Waals surface area contributed by atoms with E-state index < -0.39 is 36.6 Å². The fourth-order valence-electron chi connectivity index (χ4n) is 5.83. The van der Waals surface area contributed by atoms with Gasteiger partial charge in [-0.2, -0.15) is 4.39 Å². The maximum atomic E-state index is 14.4. The molecule has 1 aromatic carbocycles. The van der Waals surface area contributed by atoms with Crippen molar-refractivity contribution in [2.45, 2.75) is 71.5 Å². The molecule has 0 radical (unpaired) electrons. The number of ether oxygens (including phenoxy) is 2. The number of pyridine rings is 1. The van der Waals surface area contributed by atoms with Gasteiger partial charge in [0, 0.05) is 45.4 Å². The van der Waals surface area contributed by atoms with E-state index in [0.29, 0.717) is 59.2 Å². The smallest absolute Gasteiger partial charge is 0.408 e. The number of hydrogen-bond acceptors (Lipinski definition) is 7. The van der Waals surface area contributed by atoms with Gasteiger partial charge in [-0.25, -0.2) is 19.2 Å². The highest BCUT2D eigenvalue weighted by Crippen LogP contribution is 2.39. The molecule has 0 spiro atoms. The number of amides is 2. The number of aryl methyl sites for hydroxylation is 1. The number of halogens is 2. The molecule has 2 amide bonds. The number of para-hydroxylation sites is 1. The number of nitrogens with one attached hydrogen (secondary N) is 1. The van der Waals surface area contributed by atoms with Gasteiger partial charge in [-0.3, -0.25) is 9.59 Å². The van der Waals surface area contributed by atoms with E-state index in [-0.39, 0.29) is 18.2 Å². The van der Waals surface area contributed by atoms with Crippen LogP contribution in [0, 0.1) is 5.92 Å². The number of aromatic nitrogens is 4. The van der Waals surface area contributed by atoms with Crippen LogP contribution < -0.4 is 10.1 Å². The topological polar surface area (TPSA) is 121 Å². The normalized spacial score (nSPS) is 16.4. The molecule has 11 nitrogen and oxygen atoms in total. The van der Waals surface area contributed by atoms with Crippen LogP contribution in [0.15, 0.2) is 30.3 Å². The first-order valence-electron chi connectivity index (χ1n) is 15.5. The molecule has 46 heavy (non-hydrogen) atoms. The lowest BCUT2D eigenvalue weighted by Gasteiger charge is -2.31. The Hall–Kier alpha value is -4.55. The van der Waals surface area contributed by atoms with Crippen molar-refractivity contribution in [1.82, 2.24) is 29.3 Å². The minimum atomic E-state index is -2.07. The highest BCUT2D eigenvalue weighted by atomic mass is 19.1. The highest BCUT2D eigenvalue weighted by Gasteiger charge is 2.32. The number of carbonyl (C=O) groups excluding carboxylic acids is 3. The molecule has 1 unspecified atom stereocenters. The van der Waals surface area contributed by atoms with E-state index in [0.717, 1.165) is 30.8 Å². The van der Waals surface area contributed by atoms with Crippen LogP contribution in [0.25, 0.3) is 33.6 Å². The molecule has 4 heterocycles. The maximum Gasteiger partial charge on any atom is 0.408 e. The van der Waals surface area contributed by atoms with E-state index in [9.17, 15) is 23.2 Å². The van der Waals surface area contributed by atoms with Crippen molar-refractivity contribution < 1.29 is 32.6 Å². The number of imidazole rings is 1. The number of benzene rings is 1. The van der Waals surface area contributed by atoms with Crippen LogP contribution in [0.5, 0.6) is 5.75 Å². The highest BCUT2D eigenvalue weighted by molar-refractivity contribution is 5.99. The summed E-state index contributed by atoms with van der Waals surface area (Å²) in [4.78, 5) is 48.7. The first kappa shape index (κ1) is 31.4. The first-order valence-corrected chi connectivity index (χ1v) is 15.5. The lowest BCUT2D eigenvalue weighted by molar-refractivity contribution is -0.130. The molecule has 13 heteroatoms. The van der Waals surface area contributed by atoms with Gasteiger partial charge in [-0.05, 0) is 57.7 Å². The quantitative estimate of drug-likeness (QED) is 0.256. The number of alkyl halides is 2. The summed E-state index contributed by atoms with van der Waals surface area (Å²) in [6.07, 6.45) is -0.215. The Balaban J connectivity index is 1.33. The zero-order valence-corrected chi connectivity index (χ0v) is 26.6. The Kier molecular flexibility index (Phi) is 8.20. The lowest BCUT2D eigenvalue weighted by atomic mass is 10.0. The second kappa shape index (κ2) is 12.0. The number of Topliss-reactive ketones (excluding diaryl/α,β-unsaturated/α-hetero) is 1. The van der Waals surface area contributed by atoms with Gasteiger partial charge in [-0.15, -0.1) is 0 Å². The van der Waals surface area contributed by atoms with Crippen molar-refractivity contribution in [3.8, 4) is 17.3 Å². The average Bonchev–Trinajstić information content (AvgIpc) is 3.66. The molecule has 4 aromatic rings. The maximum absolute atomic E-state index is 14.4. The zero-order valence-electron chi connectivity index (χ0n) is 26.6. The second-order valence-electron chi connectivity index (χ2n) is 13.1. The van der Waals surface area contributed by atoms with Gasteiger partial charge in [0.25, 0.3) is 12.3 Å². The minimum Gasteiger partial charge on any atom is -0.451 e. The Labute approximate surface area is 264 Å². The third kappa shape index (κ3) is 6.27. The third-order valence-corrected chi connectivity index (χ3v) is 8.21. The summed E-state index contributed by atoms with van der Waals surface area (Å²) >= 11 is 0. The van der Waals surface area contributed by atoms with E-state index in [1.165, 1.54) is 4.90 Å². The van der Waals surface area contributed by atoms with E-state index in [4.69, 9.17) is 19.4 Å². The van der Waals surface area contributed by atoms with E-state index >= 15 is 0 Å². The van der Waals surface area contributed by atoms with Gasteiger partial charge in [0.15, 0.2) is 11.5 Å². The second-order valence-corrected chi connectivity index (χ2v) is 13.1. The van der Waals surface area contributed by atoms with Crippen LogP contribution in [-0.4, -0.2) is 79.6 Å². The molecule has 1 N–H and O–H groups in total. The van der Waals surface area contributed by atoms with Crippen molar-refractivity contribution in [2.24, 2.45) is 13.0 Å². The third-order valence-electron chi connectivity index (χ3n) is 8.21. The standard InChI is InChI=1S/C33H38F2N6O5/c1-18(42)28(35)45-26-8-6-7-20-13-25(41(27(20)26)16-19-9-10-19)30-38-24-14-22-23(37-29(24)39(30)5)11-12-40(31(22)43)17-21(15-34)36-32(44)46-33(2,3)4/h6-8,13-14,19,21,28H,9-12,15-17H2,1-5H3,(H,36,44)/t21-,28?/m1/s1. The SMILES string of the molecule is CC(=O)C(F)Oc1cccc2cc(-c3nc4cc5c(nc4n3C)CCN(C[C@@H](CF)NC(=O)OC(C)(C)C)C5=O)n(CC3CC3)c12. The van der Waals surface area contributed by atoms with Gasteiger partial charge < -0.3 is 28.8 Å². The predicted molar refractivity (Wildman–Crippen MR) is 167 cm³/mol. The molecular formula is C33H38F2N6O5. The summed E-state index contributed by atoms with van der Waals surface area (Å²) in [5.41, 5.74) is 2.84. The monoisotopic (exact) mass is 636 g/mol. The molecule has 244 valence electrons. The summed E-state index contributed by atoms with van der Waals surface area (Å²) in [5.74, 6) is 0.314. The fraction of sp³-hybridized carbons (Fsp3) is 0.485. The molecule has 6 rings (SSSR count). The van der Waals surface area contributed by atoms with Crippen molar-refractivity contribution in [3.05, 3.63) is 41.6 Å². The lowest BCUT2D eigenvalue weighted by Crippen LogP contribution is -2.50. The molecule has 1 fully saturated rings. The van der Waals surface area contributed by atoms with Gasteiger partial charge in [0.2, 0.25) is 5.78 Å². The molecule has 3 aromatic heterocycles. The van der Waals surface area contributed by atoms with Crippen LogP contribution in [-0.2, 0) is 29.5 Å². The Morgan fingerprint density at radius 1 is 1.17 bits per heavy atom. The average molecular weight is 637 g/mol. The summed E-state index contributed by atoms with van der Waals surface area (Å²) < 4.78 is 43.0. The minimum absolute atomic E-state index is 0.0193. The van der Waals surface area contributed by atoms with Gasteiger partial charge in [0.1, 0.15) is 23.5 Å². The molecule has 0 saturated heterocycles. The number of ketones is 1. The molecule has 0 bridgehead atoms. The van der Waals surface area contributed by atoms with Crippen LogP contribution >= 0.6 is 0 Å². The van der Waals surface area contributed by atoms with Crippen LogP contribution in [0.3, 0.4) is 0 Å². The molecule has 2 aliphatic rings. The van der Waals surface area contributed by atoms with Crippen molar-refractivity contribution >= 4 is 39.9 Å². The van der Waals surface area contributed by atoms with E-state index in [1.807, 2.05) is 23.7 Å². The Morgan fingerprint density at radius 2 is 1.93 bits per heavy atom. The molecule has 1 aliphatic carbocycles. The Morgan fingerprint density at radius 3 is 2.61 bits per heavy atom. The number of fused-ring (bicyclic) bond motifs is 3. The summed E-state index contributed by atoms with van der Waals surface area (Å²) in [6, 6.07) is 8.07. The van der Waals surface area contributed by atoms with Crippen molar-refractivity contribution in [3.63, 3.8) is 0 Å². The largest absolute Gasteiger partial charge is 0.451 e. The van der Waals surface area contributed by atoms with Gasteiger partial charge in [-0.1, -0.05) is 12.1 Å². The Bertz CT molecular complexity index is 1840.